The second-order valence-corrected chi connectivity index (χ2v) is 8.30. The summed E-state index contributed by atoms with van der Waals surface area (Å²) in [6, 6.07) is 0. The summed E-state index contributed by atoms with van der Waals surface area (Å²) in [6.07, 6.45) is 0.951. The molecule has 0 radical (unpaired) electrons. The van der Waals surface area contributed by atoms with Crippen molar-refractivity contribution in [1.29, 1.82) is 0 Å². The van der Waals surface area contributed by atoms with Crippen LogP contribution in [0.4, 0.5) is 0 Å². The molecule has 1 fully saturated rings. The van der Waals surface area contributed by atoms with Crippen LogP contribution in [-0.2, 0) is 19.5 Å². The maximum Gasteiger partial charge on any atom is 0.342 e. The highest BCUT2D eigenvalue weighted by Gasteiger charge is 2.38. The number of aromatic nitrogens is 2. The molecule has 0 amide bonds. The summed E-state index contributed by atoms with van der Waals surface area (Å²) in [5.74, 6) is -0.708. The van der Waals surface area contributed by atoms with E-state index in [2.05, 4.69) is 10.2 Å². The quantitative estimate of drug-likeness (QED) is 0.818. The smallest absolute Gasteiger partial charge is 0.342 e. The molecule has 9 heteroatoms. The molecular weight excluding hydrogens is 322 g/mol. The van der Waals surface area contributed by atoms with Crippen molar-refractivity contribution in [2.45, 2.75) is 38.8 Å². The highest BCUT2D eigenvalue weighted by atomic mass is 32.2. The summed E-state index contributed by atoms with van der Waals surface area (Å²) in [7, 11) is -3.87. The molecule has 0 aromatic carbocycles. The van der Waals surface area contributed by atoms with Crippen molar-refractivity contribution in [3.8, 4) is 0 Å². The Kier molecular flexibility index (Phi) is 5.12. The van der Waals surface area contributed by atoms with Gasteiger partial charge in [-0.25, -0.2) is 13.2 Å². The molecular formula is C14H23N3O5S. The molecule has 1 aliphatic rings. The molecule has 0 aliphatic carbocycles. The average Bonchev–Trinajstić information content (AvgIpc) is 2.97. The van der Waals surface area contributed by atoms with E-state index in [1.54, 1.807) is 6.92 Å². The normalized spacial score (nSPS) is 20.4. The average molecular weight is 345 g/mol. The third kappa shape index (κ3) is 3.73. The molecule has 1 N–H and O–H groups in total. The number of carbonyl (C=O) groups excluding carboxylic acids is 1. The van der Waals surface area contributed by atoms with Gasteiger partial charge in [0.15, 0.2) is 5.03 Å². The van der Waals surface area contributed by atoms with Gasteiger partial charge in [-0.15, -0.1) is 0 Å². The van der Waals surface area contributed by atoms with Crippen LogP contribution in [0.1, 0.15) is 38.1 Å². The van der Waals surface area contributed by atoms with E-state index < -0.39 is 16.0 Å². The van der Waals surface area contributed by atoms with Gasteiger partial charge in [0.05, 0.1) is 25.5 Å². The third-order valence-corrected chi connectivity index (χ3v) is 5.53. The number of sulfonamides is 1. The van der Waals surface area contributed by atoms with Crippen LogP contribution in [0, 0.1) is 5.41 Å². The van der Waals surface area contributed by atoms with Gasteiger partial charge in [-0.05, 0) is 12.3 Å². The first-order chi connectivity index (χ1) is 10.7. The number of rotatable bonds is 4. The monoisotopic (exact) mass is 345 g/mol. The van der Waals surface area contributed by atoms with Crippen LogP contribution >= 0.6 is 0 Å². The molecule has 130 valence electrons. The summed E-state index contributed by atoms with van der Waals surface area (Å²) in [6.45, 7) is 8.57. The van der Waals surface area contributed by atoms with Gasteiger partial charge in [0.2, 0.25) is 0 Å². The molecule has 1 aromatic rings. The zero-order chi connectivity index (χ0) is 17.3. The van der Waals surface area contributed by atoms with Gasteiger partial charge in [0.25, 0.3) is 10.0 Å². The number of H-pyrrole nitrogens is 1. The van der Waals surface area contributed by atoms with E-state index in [4.69, 9.17) is 9.47 Å². The first-order valence-corrected chi connectivity index (χ1v) is 8.94. The van der Waals surface area contributed by atoms with E-state index in [1.807, 2.05) is 20.8 Å². The van der Waals surface area contributed by atoms with Gasteiger partial charge in [-0.2, -0.15) is 9.40 Å². The van der Waals surface area contributed by atoms with Crippen LogP contribution in [0.25, 0.3) is 0 Å². The number of aromatic amines is 1. The fourth-order valence-electron chi connectivity index (χ4n) is 2.32. The van der Waals surface area contributed by atoms with E-state index in [9.17, 15) is 13.2 Å². The summed E-state index contributed by atoms with van der Waals surface area (Å²) in [4.78, 5) is 11.9. The van der Waals surface area contributed by atoms with Crippen molar-refractivity contribution < 1.29 is 22.7 Å². The molecule has 2 heterocycles. The third-order valence-electron chi connectivity index (χ3n) is 3.69. The highest BCUT2D eigenvalue weighted by Crippen LogP contribution is 2.28. The fourth-order valence-corrected chi connectivity index (χ4v) is 3.81. The Labute approximate surface area is 136 Å². The standard InChI is InChI=1S/C14H23N3O5S/c1-5-21-13(18)10-8-15-16-12(10)23(19,20)17-6-7-22-11(9-17)14(2,3)4/h8,11H,5-7,9H2,1-4H3,(H,15,16)/t11-/m1/s1. The minimum absolute atomic E-state index is 0.0781. The number of esters is 1. The Morgan fingerprint density at radius 3 is 2.83 bits per heavy atom. The summed E-state index contributed by atoms with van der Waals surface area (Å²) >= 11 is 0. The fraction of sp³-hybridized carbons (Fsp3) is 0.714. The Balaban J connectivity index is 2.29. The Hall–Kier alpha value is -1.45. The maximum atomic E-state index is 12.8. The topological polar surface area (TPSA) is 102 Å². The molecule has 1 aliphatic heterocycles. The molecule has 0 bridgehead atoms. The van der Waals surface area contributed by atoms with Gasteiger partial charge in [-0.1, -0.05) is 20.8 Å². The molecule has 1 atom stereocenters. The molecule has 0 spiro atoms. The minimum Gasteiger partial charge on any atom is -0.462 e. The van der Waals surface area contributed by atoms with E-state index in [0.717, 1.165) is 0 Å². The lowest BCUT2D eigenvalue weighted by molar-refractivity contribution is -0.0591. The second-order valence-electron chi connectivity index (χ2n) is 6.42. The van der Waals surface area contributed by atoms with Gasteiger partial charge in [0.1, 0.15) is 5.56 Å². The predicted octanol–water partition coefficient (Wildman–Crippen LogP) is 1.02. The van der Waals surface area contributed by atoms with E-state index in [-0.39, 0.29) is 41.8 Å². The van der Waals surface area contributed by atoms with Crippen molar-refractivity contribution >= 4 is 16.0 Å². The van der Waals surface area contributed by atoms with Crippen molar-refractivity contribution in [3.05, 3.63) is 11.8 Å². The zero-order valence-corrected chi connectivity index (χ0v) is 14.6. The van der Waals surface area contributed by atoms with Crippen LogP contribution in [-0.4, -0.2) is 61.3 Å². The van der Waals surface area contributed by atoms with Crippen molar-refractivity contribution in [2.75, 3.05) is 26.3 Å². The zero-order valence-electron chi connectivity index (χ0n) is 13.8. The lowest BCUT2D eigenvalue weighted by atomic mass is 9.88. The van der Waals surface area contributed by atoms with Gasteiger partial charge in [0, 0.05) is 13.1 Å². The van der Waals surface area contributed by atoms with Crippen LogP contribution in [0.2, 0.25) is 0 Å². The first-order valence-electron chi connectivity index (χ1n) is 7.50. The number of hydrogen-bond acceptors (Lipinski definition) is 6. The van der Waals surface area contributed by atoms with Gasteiger partial charge < -0.3 is 9.47 Å². The molecule has 0 saturated carbocycles. The highest BCUT2D eigenvalue weighted by molar-refractivity contribution is 7.89. The number of morpholine rings is 1. The van der Waals surface area contributed by atoms with E-state index in [1.165, 1.54) is 10.5 Å². The van der Waals surface area contributed by atoms with Gasteiger partial charge >= 0.3 is 5.97 Å². The Morgan fingerprint density at radius 1 is 1.52 bits per heavy atom. The van der Waals surface area contributed by atoms with Crippen molar-refractivity contribution in [2.24, 2.45) is 5.41 Å². The summed E-state index contributed by atoms with van der Waals surface area (Å²) in [5, 5.41) is 5.88. The number of nitrogens with one attached hydrogen (secondary N) is 1. The number of ether oxygens (including phenoxy) is 2. The Morgan fingerprint density at radius 2 is 2.22 bits per heavy atom. The number of hydrogen-bond donors (Lipinski definition) is 1. The second kappa shape index (κ2) is 6.58. The Bertz CT molecular complexity index is 662. The van der Waals surface area contributed by atoms with Crippen molar-refractivity contribution in [3.63, 3.8) is 0 Å². The van der Waals surface area contributed by atoms with E-state index >= 15 is 0 Å². The van der Waals surface area contributed by atoms with Crippen LogP contribution in [0.5, 0.6) is 0 Å². The SMILES string of the molecule is CCOC(=O)c1cn[nH]c1S(=O)(=O)N1CCO[C@@H](C(C)(C)C)C1. The van der Waals surface area contributed by atoms with Crippen LogP contribution in [0.3, 0.4) is 0 Å². The predicted molar refractivity (Wildman–Crippen MR) is 82.5 cm³/mol. The van der Waals surface area contributed by atoms with E-state index in [0.29, 0.717) is 6.61 Å². The lowest BCUT2D eigenvalue weighted by Crippen LogP contribution is -2.50. The molecule has 8 nitrogen and oxygen atoms in total. The number of nitrogens with zero attached hydrogens (tertiary/aromatic N) is 2. The number of carbonyl (C=O) groups is 1. The van der Waals surface area contributed by atoms with Gasteiger partial charge in [-0.3, -0.25) is 5.10 Å². The largest absolute Gasteiger partial charge is 0.462 e. The molecule has 1 saturated heterocycles. The molecule has 0 unspecified atom stereocenters. The molecule has 23 heavy (non-hydrogen) atoms. The summed E-state index contributed by atoms with van der Waals surface area (Å²) < 4.78 is 37.6. The lowest BCUT2D eigenvalue weighted by Gasteiger charge is -2.38. The maximum absolute atomic E-state index is 12.8. The van der Waals surface area contributed by atoms with Crippen LogP contribution in [0.15, 0.2) is 11.2 Å². The van der Waals surface area contributed by atoms with Crippen LogP contribution < -0.4 is 0 Å². The van der Waals surface area contributed by atoms with Crippen molar-refractivity contribution in [1.82, 2.24) is 14.5 Å². The summed E-state index contributed by atoms with van der Waals surface area (Å²) in [5.41, 5.74) is -0.266. The molecule has 1 aromatic heterocycles. The first kappa shape index (κ1) is 17.9. The minimum atomic E-state index is -3.87. The molecule has 2 rings (SSSR count).